The number of para-hydroxylation sites is 1. The molecule has 0 unspecified atom stereocenters. The van der Waals surface area contributed by atoms with E-state index in [1.807, 2.05) is 0 Å². The average molecular weight is 263 g/mol. The molecule has 0 aliphatic heterocycles. The predicted octanol–water partition coefficient (Wildman–Crippen LogP) is 2.10. The molecule has 0 fully saturated rings. The number of fused-ring (bicyclic) bond motifs is 1. The standard InChI is InChI=1S/C9H4ClFO4S/c10-7-5-3-1-2-4-6(5)15-9(12)8(7)16(11,13)14/h1-4H. The van der Waals surface area contributed by atoms with Gasteiger partial charge in [0, 0.05) is 5.39 Å². The molecule has 7 heteroatoms. The summed E-state index contributed by atoms with van der Waals surface area (Å²) in [6.07, 6.45) is 0. The fourth-order valence-electron chi connectivity index (χ4n) is 1.30. The topological polar surface area (TPSA) is 64.3 Å². The Morgan fingerprint density at radius 2 is 1.88 bits per heavy atom. The van der Waals surface area contributed by atoms with Gasteiger partial charge in [-0.3, -0.25) is 0 Å². The van der Waals surface area contributed by atoms with E-state index in [4.69, 9.17) is 11.6 Å². The van der Waals surface area contributed by atoms with Gasteiger partial charge in [-0.05, 0) is 12.1 Å². The normalized spacial score (nSPS) is 11.9. The number of hydrogen-bond donors (Lipinski definition) is 0. The van der Waals surface area contributed by atoms with Crippen molar-refractivity contribution in [1.82, 2.24) is 0 Å². The predicted molar refractivity (Wildman–Crippen MR) is 55.8 cm³/mol. The van der Waals surface area contributed by atoms with Crippen molar-refractivity contribution in [2.24, 2.45) is 0 Å². The minimum absolute atomic E-state index is 0.102. The maximum absolute atomic E-state index is 12.8. The molecule has 0 atom stereocenters. The molecule has 16 heavy (non-hydrogen) atoms. The smallest absolute Gasteiger partial charge is 0.359 e. The van der Waals surface area contributed by atoms with E-state index in [0.29, 0.717) is 0 Å². The third-order valence-electron chi connectivity index (χ3n) is 1.95. The first-order valence-electron chi connectivity index (χ1n) is 4.07. The highest BCUT2D eigenvalue weighted by Gasteiger charge is 2.25. The van der Waals surface area contributed by atoms with Crippen molar-refractivity contribution in [3.8, 4) is 0 Å². The van der Waals surface area contributed by atoms with Crippen LogP contribution in [0.15, 0.2) is 38.4 Å². The summed E-state index contributed by atoms with van der Waals surface area (Å²) in [5, 5.41) is -0.297. The lowest BCUT2D eigenvalue weighted by molar-refractivity contribution is 0.517. The zero-order valence-electron chi connectivity index (χ0n) is 7.61. The van der Waals surface area contributed by atoms with Gasteiger partial charge in [-0.15, -0.1) is 3.89 Å². The highest BCUT2D eigenvalue weighted by molar-refractivity contribution is 7.86. The molecule has 0 aliphatic carbocycles. The summed E-state index contributed by atoms with van der Waals surface area (Å²) in [5.74, 6) is 0. The van der Waals surface area contributed by atoms with Gasteiger partial charge in [0.15, 0.2) is 0 Å². The van der Waals surface area contributed by atoms with Crippen LogP contribution in [-0.2, 0) is 10.2 Å². The highest BCUT2D eigenvalue weighted by atomic mass is 35.5. The third kappa shape index (κ3) is 1.70. The van der Waals surface area contributed by atoms with Crippen LogP contribution in [0.1, 0.15) is 0 Å². The van der Waals surface area contributed by atoms with Crippen molar-refractivity contribution in [3.05, 3.63) is 39.7 Å². The Bertz CT molecular complexity index is 720. The zero-order valence-corrected chi connectivity index (χ0v) is 9.18. The molecule has 0 radical (unpaired) electrons. The molecule has 0 spiro atoms. The van der Waals surface area contributed by atoms with Crippen molar-refractivity contribution in [1.29, 1.82) is 0 Å². The molecule has 1 aromatic carbocycles. The van der Waals surface area contributed by atoms with Gasteiger partial charge in [0.1, 0.15) is 5.58 Å². The molecule has 0 amide bonds. The first kappa shape index (κ1) is 11.1. The van der Waals surface area contributed by atoms with E-state index >= 15 is 0 Å². The minimum atomic E-state index is -5.19. The molecule has 84 valence electrons. The zero-order chi connectivity index (χ0) is 11.9. The molecule has 0 saturated heterocycles. The summed E-state index contributed by atoms with van der Waals surface area (Å²) in [5.41, 5.74) is -1.21. The highest BCUT2D eigenvalue weighted by Crippen LogP contribution is 2.28. The minimum Gasteiger partial charge on any atom is -0.422 e. The maximum atomic E-state index is 12.8. The molecule has 0 bridgehead atoms. The van der Waals surface area contributed by atoms with Gasteiger partial charge in [0.25, 0.3) is 0 Å². The van der Waals surface area contributed by atoms with Crippen molar-refractivity contribution in [3.63, 3.8) is 0 Å². The molecular weight excluding hydrogens is 259 g/mol. The Kier molecular flexibility index (Phi) is 2.47. The molecule has 2 aromatic rings. The van der Waals surface area contributed by atoms with Gasteiger partial charge < -0.3 is 4.42 Å². The summed E-state index contributed by atoms with van der Waals surface area (Å²) < 4.78 is 38.9. The fourth-order valence-corrected chi connectivity index (χ4v) is 2.38. The van der Waals surface area contributed by atoms with E-state index in [1.165, 1.54) is 12.1 Å². The number of halogens is 2. The molecule has 4 nitrogen and oxygen atoms in total. The van der Waals surface area contributed by atoms with Crippen molar-refractivity contribution in [2.45, 2.75) is 4.90 Å². The van der Waals surface area contributed by atoms with Crippen LogP contribution in [0, 0.1) is 0 Å². The second-order valence-corrected chi connectivity index (χ2v) is 4.63. The van der Waals surface area contributed by atoms with Crippen LogP contribution >= 0.6 is 11.6 Å². The average Bonchev–Trinajstić information content (AvgIpc) is 2.15. The third-order valence-corrected chi connectivity index (χ3v) is 3.32. The number of hydrogen-bond acceptors (Lipinski definition) is 4. The fraction of sp³-hybridized carbons (Fsp3) is 0. The summed E-state index contributed by atoms with van der Waals surface area (Å²) in [6, 6.07) is 5.99. The lowest BCUT2D eigenvalue weighted by Gasteiger charge is -2.01. The number of benzene rings is 1. The SMILES string of the molecule is O=c1oc2ccccc2c(Cl)c1S(=O)(=O)F. The van der Waals surface area contributed by atoms with Crippen LogP contribution < -0.4 is 5.63 Å². The van der Waals surface area contributed by atoms with Gasteiger partial charge in [0.2, 0.25) is 4.90 Å². The van der Waals surface area contributed by atoms with Crippen LogP contribution in [0.25, 0.3) is 11.0 Å². The monoisotopic (exact) mass is 262 g/mol. The summed E-state index contributed by atoms with van der Waals surface area (Å²) in [7, 11) is -5.19. The Morgan fingerprint density at radius 1 is 1.25 bits per heavy atom. The van der Waals surface area contributed by atoms with E-state index < -0.39 is 25.8 Å². The molecule has 0 aliphatic rings. The lowest BCUT2D eigenvalue weighted by atomic mass is 10.2. The first-order chi connectivity index (χ1) is 7.41. The van der Waals surface area contributed by atoms with Gasteiger partial charge in [0.05, 0.1) is 5.02 Å². The largest absolute Gasteiger partial charge is 0.422 e. The van der Waals surface area contributed by atoms with Crippen LogP contribution in [0.4, 0.5) is 3.89 Å². The molecule has 1 aromatic heterocycles. The Hall–Kier alpha value is -1.40. The Labute approximate surface area is 94.5 Å². The van der Waals surface area contributed by atoms with E-state index in [0.717, 1.165) is 0 Å². The van der Waals surface area contributed by atoms with E-state index in [-0.39, 0.29) is 11.0 Å². The van der Waals surface area contributed by atoms with Crippen LogP contribution in [-0.4, -0.2) is 8.42 Å². The molecule has 2 rings (SSSR count). The van der Waals surface area contributed by atoms with Crippen molar-refractivity contribution >= 4 is 32.8 Å². The van der Waals surface area contributed by atoms with Crippen LogP contribution in [0.2, 0.25) is 5.02 Å². The molecule has 1 heterocycles. The van der Waals surface area contributed by atoms with E-state index in [1.54, 1.807) is 12.1 Å². The number of rotatable bonds is 1. The van der Waals surface area contributed by atoms with Crippen LogP contribution in [0.3, 0.4) is 0 Å². The Morgan fingerprint density at radius 3 is 2.50 bits per heavy atom. The van der Waals surface area contributed by atoms with Crippen molar-refractivity contribution < 1.29 is 16.7 Å². The van der Waals surface area contributed by atoms with E-state index in [9.17, 15) is 17.1 Å². The quantitative estimate of drug-likeness (QED) is 0.583. The van der Waals surface area contributed by atoms with Gasteiger partial charge in [-0.25, -0.2) is 4.79 Å². The first-order valence-corrected chi connectivity index (χ1v) is 5.83. The van der Waals surface area contributed by atoms with Crippen molar-refractivity contribution in [2.75, 3.05) is 0 Å². The molecule has 0 saturated carbocycles. The Balaban J connectivity index is 3.04. The maximum Gasteiger partial charge on any atom is 0.359 e. The second kappa shape index (κ2) is 3.57. The van der Waals surface area contributed by atoms with E-state index in [2.05, 4.69) is 4.42 Å². The van der Waals surface area contributed by atoms with Crippen LogP contribution in [0.5, 0.6) is 0 Å². The summed E-state index contributed by atoms with van der Waals surface area (Å²) in [6.45, 7) is 0. The summed E-state index contributed by atoms with van der Waals surface area (Å²) >= 11 is 5.65. The second-order valence-electron chi connectivity index (χ2n) is 2.97. The molecule has 0 N–H and O–H groups in total. The summed E-state index contributed by atoms with van der Waals surface area (Å²) in [4.78, 5) is 10.1. The molecular formula is C9H4ClFO4S. The lowest BCUT2D eigenvalue weighted by Crippen LogP contribution is -2.11. The van der Waals surface area contributed by atoms with Gasteiger partial charge in [-0.1, -0.05) is 23.7 Å². The van der Waals surface area contributed by atoms with Gasteiger partial charge in [-0.2, -0.15) is 8.42 Å². The van der Waals surface area contributed by atoms with Gasteiger partial charge >= 0.3 is 15.8 Å².